The molecule has 1 aromatic carbocycles. The second kappa shape index (κ2) is 5.48. The Bertz CT molecular complexity index is 467. The van der Waals surface area contributed by atoms with E-state index in [0.717, 1.165) is 24.3 Å². The largest absolute Gasteiger partial charge is 0.294 e. The maximum absolute atomic E-state index is 12.6. The molecule has 1 heteroatoms. The highest BCUT2D eigenvalue weighted by Gasteiger charge is 2.26. The smallest absolute Gasteiger partial charge is 0.165 e. The lowest BCUT2D eigenvalue weighted by Crippen LogP contribution is -2.21. The predicted octanol–water partition coefficient (Wildman–Crippen LogP) is 4.57. The average Bonchev–Trinajstić information content (AvgIpc) is 2.94. The van der Waals surface area contributed by atoms with E-state index < -0.39 is 0 Å². The van der Waals surface area contributed by atoms with Crippen LogP contribution in [-0.4, -0.2) is 5.78 Å². The lowest BCUT2D eigenvalue weighted by molar-refractivity contribution is 0.0871. The van der Waals surface area contributed by atoms with Gasteiger partial charge in [-0.2, -0.15) is 0 Å². The molecule has 3 rings (SSSR count). The molecule has 2 aliphatic rings. The lowest BCUT2D eigenvalue weighted by Gasteiger charge is -2.26. The topological polar surface area (TPSA) is 17.1 Å². The molecule has 1 fully saturated rings. The van der Waals surface area contributed by atoms with E-state index in [1.54, 1.807) is 0 Å². The monoisotopic (exact) mass is 256 g/mol. The summed E-state index contributed by atoms with van der Waals surface area (Å²) in [7, 11) is 0. The molecule has 0 saturated heterocycles. The van der Waals surface area contributed by atoms with Gasteiger partial charge in [0, 0.05) is 11.5 Å². The van der Waals surface area contributed by atoms with Gasteiger partial charge in [0.2, 0.25) is 0 Å². The zero-order valence-corrected chi connectivity index (χ0v) is 12.0. The fourth-order valence-corrected chi connectivity index (χ4v) is 3.79. The minimum absolute atomic E-state index is 0.294. The first-order valence-electron chi connectivity index (χ1n) is 7.94. The Kier molecular flexibility index (Phi) is 3.72. The van der Waals surface area contributed by atoms with E-state index in [4.69, 9.17) is 0 Å². The minimum atomic E-state index is 0.294. The number of carbonyl (C=O) groups excluding carboxylic acids is 1. The molecule has 0 bridgehead atoms. The molecule has 0 spiro atoms. The molecule has 0 heterocycles. The van der Waals surface area contributed by atoms with Crippen LogP contribution in [0.1, 0.15) is 66.9 Å². The van der Waals surface area contributed by atoms with E-state index in [2.05, 4.69) is 25.1 Å². The van der Waals surface area contributed by atoms with Crippen LogP contribution in [0.4, 0.5) is 0 Å². The predicted molar refractivity (Wildman–Crippen MR) is 78.5 cm³/mol. The van der Waals surface area contributed by atoms with Crippen molar-refractivity contribution in [3.63, 3.8) is 0 Å². The number of fused-ring (bicyclic) bond motifs is 1. The molecule has 1 nitrogen and oxygen atoms in total. The molecule has 1 saturated carbocycles. The quantitative estimate of drug-likeness (QED) is 0.724. The Balaban J connectivity index is 1.70. The van der Waals surface area contributed by atoms with Crippen LogP contribution in [0.2, 0.25) is 0 Å². The van der Waals surface area contributed by atoms with Crippen LogP contribution in [0.5, 0.6) is 0 Å². The Morgan fingerprint density at radius 1 is 1.11 bits per heavy atom. The highest BCUT2D eigenvalue weighted by molar-refractivity contribution is 5.98. The van der Waals surface area contributed by atoms with Crippen molar-refractivity contribution in [2.24, 2.45) is 11.8 Å². The Morgan fingerprint density at radius 2 is 1.84 bits per heavy atom. The number of carbonyl (C=O) groups is 1. The van der Waals surface area contributed by atoms with Gasteiger partial charge in [-0.15, -0.1) is 0 Å². The maximum atomic E-state index is 12.6. The molecule has 0 unspecified atom stereocenters. The highest BCUT2D eigenvalue weighted by Crippen LogP contribution is 2.33. The third-order valence-electron chi connectivity index (χ3n) is 5.18. The zero-order chi connectivity index (χ0) is 13.2. The van der Waals surface area contributed by atoms with Gasteiger partial charge in [0.15, 0.2) is 5.78 Å². The summed E-state index contributed by atoms with van der Waals surface area (Å²) in [4.78, 5) is 12.6. The second-order valence-electron chi connectivity index (χ2n) is 6.33. The van der Waals surface area contributed by atoms with Crippen LogP contribution in [0, 0.1) is 11.8 Å². The zero-order valence-electron chi connectivity index (χ0n) is 12.0. The fourth-order valence-electron chi connectivity index (χ4n) is 3.79. The first-order valence-corrected chi connectivity index (χ1v) is 7.94. The van der Waals surface area contributed by atoms with E-state index in [1.807, 2.05) is 0 Å². The van der Waals surface area contributed by atoms with Crippen molar-refractivity contribution >= 4 is 5.78 Å². The van der Waals surface area contributed by atoms with Gasteiger partial charge >= 0.3 is 0 Å². The Morgan fingerprint density at radius 3 is 2.58 bits per heavy atom. The van der Waals surface area contributed by atoms with Crippen molar-refractivity contribution in [1.29, 1.82) is 0 Å². The van der Waals surface area contributed by atoms with Crippen LogP contribution in [0.25, 0.3) is 0 Å². The van der Waals surface area contributed by atoms with E-state index >= 15 is 0 Å². The highest BCUT2D eigenvalue weighted by atomic mass is 16.1. The van der Waals surface area contributed by atoms with Crippen molar-refractivity contribution in [3.05, 3.63) is 34.9 Å². The van der Waals surface area contributed by atoms with Crippen LogP contribution in [0.3, 0.4) is 0 Å². The SMILES string of the molecule is CCC1CCC(C(=O)c2ccc3c(c2)CCC3)CC1. The molecular formula is C18H24O. The summed E-state index contributed by atoms with van der Waals surface area (Å²) in [6, 6.07) is 6.43. The first-order chi connectivity index (χ1) is 9.28. The molecule has 0 N–H and O–H groups in total. The standard InChI is InChI=1S/C18H24O/c1-2-13-6-8-15(9-7-13)18(19)17-11-10-14-4-3-5-16(14)12-17/h10-13,15H,2-9H2,1H3. The normalized spacial score (nSPS) is 26.2. The fraction of sp³-hybridized carbons (Fsp3) is 0.611. The molecule has 1 aromatic rings. The van der Waals surface area contributed by atoms with Crippen molar-refractivity contribution in [3.8, 4) is 0 Å². The van der Waals surface area contributed by atoms with Crippen LogP contribution >= 0.6 is 0 Å². The summed E-state index contributed by atoms with van der Waals surface area (Å²) < 4.78 is 0. The summed E-state index contributed by atoms with van der Waals surface area (Å²) in [5.41, 5.74) is 3.86. The number of benzene rings is 1. The van der Waals surface area contributed by atoms with Crippen molar-refractivity contribution in [1.82, 2.24) is 0 Å². The van der Waals surface area contributed by atoms with Gasteiger partial charge in [-0.25, -0.2) is 0 Å². The summed E-state index contributed by atoms with van der Waals surface area (Å²) in [5.74, 6) is 1.57. The van der Waals surface area contributed by atoms with Gasteiger partial charge in [-0.05, 0) is 68.1 Å². The van der Waals surface area contributed by atoms with Crippen LogP contribution < -0.4 is 0 Å². The Hall–Kier alpha value is -1.11. The lowest BCUT2D eigenvalue weighted by atomic mass is 9.77. The summed E-state index contributed by atoms with van der Waals surface area (Å²) in [6.07, 6.45) is 9.61. The maximum Gasteiger partial charge on any atom is 0.165 e. The Labute approximate surface area is 116 Å². The van der Waals surface area contributed by atoms with Crippen molar-refractivity contribution in [2.75, 3.05) is 0 Å². The number of ketones is 1. The van der Waals surface area contributed by atoms with Crippen molar-refractivity contribution in [2.45, 2.75) is 58.3 Å². The number of hydrogen-bond donors (Lipinski definition) is 0. The van der Waals surface area contributed by atoms with Gasteiger partial charge in [-0.3, -0.25) is 4.79 Å². The summed E-state index contributed by atoms with van der Waals surface area (Å²) in [5, 5.41) is 0. The summed E-state index contributed by atoms with van der Waals surface area (Å²) >= 11 is 0. The number of Topliss-reactive ketones (excluding diaryl/α,β-unsaturated/α-hetero) is 1. The molecular weight excluding hydrogens is 232 g/mol. The number of rotatable bonds is 3. The molecule has 2 aliphatic carbocycles. The summed E-state index contributed by atoms with van der Waals surface area (Å²) in [6.45, 7) is 2.27. The number of hydrogen-bond acceptors (Lipinski definition) is 1. The molecule has 19 heavy (non-hydrogen) atoms. The van der Waals surface area contributed by atoms with Crippen LogP contribution in [0.15, 0.2) is 18.2 Å². The van der Waals surface area contributed by atoms with E-state index in [0.29, 0.717) is 11.7 Å². The molecule has 0 atom stereocenters. The molecule has 0 amide bonds. The number of aryl methyl sites for hydroxylation is 2. The minimum Gasteiger partial charge on any atom is -0.294 e. The van der Waals surface area contributed by atoms with Gasteiger partial charge in [0.05, 0.1) is 0 Å². The third-order valence-corrected chi connectivity index (χ3v) is 5.18. The van der Waals surface area contributed by atoms with E-state index in [9.17, 15) is 4.79 Å². The molecule has 0 radical (unpaired) electrons. The van der Waals surface area contributed by atoms with Crippen LogP contribution in [-0.2, 0) is 12.8 Å². The second-order valence-corrected chi connectivity index (χ2v) is 6.33. The first kappa shape index (κ1) is 12.9. The van der Waals surface area contributed by atoms with Gasteiger partial charge in [0.1, 0.15) is 0 Å². The van der Waals surface area contributed by atoms with E-state index in [-0.39, 0.29) is 0 Å². The average molecular weight is 256 g/mol. The van der Waals surface area contributed by atoms with Gasteiger partial charge in [0.25, 0.3) is 0 Å². The molecule has 0 aliphatic heterocycles. The van der Waals surface area contributed by atoms with Gasteiger partial charge < -0.3 is 0 Å². The van der Waals surface area contributed by atoms with Crippen molar-refractivity contribution < 1.29 is 4.79 Å². The molecule has 0 aromatic heterocycles. The van der Waals surface area contributed by atoms with E-state index in [1.165, 1.54) is 49.7 Å². The van der Waals surface area contributed by atoms with Gasteiger partial charge in [-0.1, -0.05) is 25.5 Å². The molecule has 102 valence electrons. The third kappa shape index (κ3) is 2.61.